The Balaban J connectivity index is 2.18. The molecule has 0 saturated heterocycles. The summed E-state index contributed by atoms with van der Waals surface area (Å²) in [6.07, 6.45) is 0. The first-order valence-electron chi connectivity index (χ1n) is 5.89. The molecule has 1 aromatic carbocycles. The van der Waals surface area contributed by atoms with Gasteiger partial charge in [-0.25, -0.2) is 20.2 Å². The maximum atomic E-state index is 13.4. The minimum Gasteiger partial charge on any atom is -0.308 e. The second-order valence-corrected chi connectivity index (χ2v) is 5.40. The predicted octanol–water partition coefficient (Wildman–Crippen LogP) is 2.62. The van der Waals surface area contributed by atoms with Crippen molar-refractivity contribution in [2.45, 2.75) is 18.4 Å². The van der Waals surface area contributed by atoms with Crippen LogP contribution in [0.25, 0.3) is 11.4 Å². The number of hydrazine groups is 1. The summed E-state index contributed by atoms with van der Waals surface area (Å²) in [7, 11) is 0. The molecule has 2 heterocycles. The Bertz CT molecular complexity index is 645. The Labute approximate surface area is 114 Å². The number of nitrogens with one attached hydrogen (secondary N) is 1. The number of nitrogen functional groups attached to an aromatic ring is 1. The molecule has 0 spiro atoms. The summed E-state index contributed by atoms with van der Waals surface area (Å²) in [6, 6.07) is 4.62. The zero-order valence-electron chi connectivity index (χ0n) is 10.4. The van der Waals surface area contributed by atoms with E-state index in [0.29, 0.717) is 17.2 Å². The van der Waals surface area contributed by atoms with Gasteiger partial charge in [-0.1, -0.05) is 6.07 Å². The molecule has 0 radical (unpaired) electrons. The van der Waals surface area contributed by atoms with Gasteiger partial charge in [-0.15, -0.1) is 0 Å². The van der Waals surface area contributed by atoms with Crippen LogP contribution in [-0.4, -0.2) is 9.97 Å². The molecule has 0 unspecified atom stereocenters. The standard InChI is InChI=1S/C13H13FN4S/c1-7-2-3-8(14)4-9(7)12-16-11-6-19-5-10(11)13(17-12)18-15/h2-4H,5-6,15H2,1H3,(H,16,17,18). The van der Waals surface area contributed by atoms with Crippen LogP contribution in [0.4, 0.5) is 10.2 Å². The molecule has 0 fully saturated rings. The lowest BCUT2D eigenvalue weighted by Crippen LogP contribution is -2.13. The van der Waals surface area contributed by atoms with Crippen molar-refractivity contribution in [2.24, 2.45) is 5.84 Å². The molecule has 0 atom stereocenters. The molecule has 19 heavy (non-hydrogen) atoms. The number of anilines is 1. The maximum absolute atomic E-state index is 13.4. The first-order chi connectivity index (χ1) is 9.19. The van der Waals surface area contributed by atoms with Gasteiger partial charge in [0.1, 0.15) is 11.6 Å². The topological polar surface area (TPSA) is 63.8 Å². The SMILES string of the molecule is Cc1ccc(F)cc1-c1nc2c(c(NN)n1)CSC2. The summed E-state index contributed by atoms with van der Waals surface area (Å²) in [4.78, 5) is 8.95. The van der Waals surface area contributed by atoms with Gasteiger partial charge in [0.05, 0.1) is 5.69 Å². The number of hydrogen-bond acceptors (Lipinski definition) is 5. The van der Waals surface area contributed by atoms with E-state index in [-0.39, 0.29) is 5.82 Å². The molecule has 3 N–H and O–H groups in total. The number of thioether (sulfide) groups is 1. The molecule has 4 nitrogen and oxygen atoms in total. The third-order valence-electron chi connectivity index (χ3n) is 3.16. The van der Waals surface area contributed by atoms with E-state index in [4.69, 9.17) is 5.84 Å². The quantitative estimate of drug-likeness (QED) is 0.652. The summed E-state index contributed by atoms with van der Waals surface area (Å²) >= 11 is 1.77. The van der Waals surface area contributed by atoms with Crippen molar-refractivity contribution in [3.8, 4) is 11.4 Å². The first-order valence-corrected chi connectivity index (χ1v) is 7.05. The van der Waals surface area contributed by atoms with E-state index < -0.39 is 0 Å². The number of nitrogens with zero attached hydrogens (tertiary/aromatic N) is 2. The summed E-state index contributed by atoms with van der Waals surface area (Å²) < 4.78 is 13.4. The van der Waals surface area contributed by atoms with E-state index >= 15 is 0 Å². The molecule has 2 aromatic rings. The van der Waals surface area contributed by atoms with E-state index in [1.165, 1.54) is 12.1 Å². The molecule has 1 aliphatic heterocycles. The number of aromatic nitrogens is 2. The van der Waals surface area contributed by atoms with E-state index in [2.05, 4.69) is 15.4 Å². The van der Waals surface area contributed by atoms with Gasteiger partial charge in [-0.2, -0.15) is 11.8 Å². The van der Waals surface area contributed by atoms with Gasteiger partial charge in [0.25, 0.3) is 0 Å². The van der Waals surface area contributed by atoms with Gasteiger partial charge < -0.3 is 5.43 Å². The third-order valence-corrected chi connectivity index (χ3v) is 4.13. The van der Waals surface area contributed by atoms with Gasteiger partial charge >= 0.3 is 0 Å². The van der Waals surface area contributed by atoms with Crippen molar-refractivity contribution in [3.05, 3.63) is 40.8 Å². The monoisotopic (exact) mass is 276 g/mol. The van der Waals surface area contributed by atoms with Crippen LogP contribution in [0.5, 0.6) is 0 Å². The molecule has 1 aliphatic rings. The number of halogens is 1. The van der Waals surface area contributed by atoms with E-state index in [1.807, 2.05) is 6.92 Å². The third kappa shape index (κ3) is 2.17. The number of aryl methyl sites for hydroxylation is 1. The van der Waals surface area contributed by atoms with Crippen LogP contribution < -0.4 is 11.3 Å². The summed E-state index contributed by atoms with van der Waals surface area (Å²) in [6.45, 7) is 1.91. The number of nitrogens with two attached hydrogens (primary N) is 1. The Morgan fingerprint density at radius 1 is 1.32 bits per heavy atom. The van der Waals surface area contributed by atoms with Gasteiger partial charge in [0.2, 0.25) is 0 Å². The Morgan fingerprint density at radius 3 is 2.95 bits per heavy atom. The van der Waals surface area contributed by atoms with Crippen molar-refractivity contribution >= 4 is 17.6 Å². The smallest absolute Gasteiger partial charge is 0.162 e. The molecule has 1 aromatic heterocycles. The minimum absolute atomic E-state index is 0.290. The molecular formula is C13H13FN4S. The van der Waals surface area contributed by atoms with Crippen LogP contribution in [-0.2, 0) is 11.5 Å². The highest BCUT2D eigenvalue weighted by atomic mass is 32.2. The largest absolute Gasteiger partial charge is 0.308 e. The lowest BCUT2D eigenvalue weighted by molar-refractivity contribution is 0.627. The first kappa shape index (κ1) is 12.4. The van der Waals surface area contributed by atoms with Crippen LogP contribution in [0.1, 0.15) is 16.8 Å². The van der Waals surface area contributed by atoms with Crippen LogP contribution in [0.2, 0.25) is 0 Å². The van der Waals surface area contributed by atoms with Crippen LogP contribution in [0.3, 0.4) is 0 Å². The molecule has 98 valence electrons. The van der Waals surface area contributed by atoms with E-state index in [1.54, 1.807) is 17.8 Å². The molecule has 0 aliphatic carbocycles. The van der Waals surface area contributed by atoms with Gasteiger partial charge in [-0.3, -0.25) is 0 Å². The highest BCUT2D eigenvalue weighted by molar-refractivity contribution is 7.98. The molecular weight excluding hydrogens is 263 g/mol. The van der Waals surface area contributed by atoms with Gasteiger partial charge in [-0.05, 0) is 24.6 Å². The predicted molar refractivity (Wildman–Crippen MR) is 75.0 cm³/mol. The average Bonchev–Trinajstić information content (AvgIpc) is 2.88. The average molecular weight is 276 g/mol. The fourth-order valence-electron chi connectivity index (χ4n) is 2.13. The zero-order chi connectivity index (χ0) is 13.4. The van der Waals surface area contributed by atoms with E-state index in [9.17, 15) is 4.39 Å². The summed E-state index contributed by atoms with van der Waals surface area (Å²) in [5, 5.41) is 0. The normalized spacial score (nSPS) is 13.4. The van der Waals surface area contributed by atoms with Gasteiger partial charge in [0, 0.05) is 22.6 Å². The van der Waals surface area contributed by atoms with Crippen LogP contribution in [0, 0.1) is 12.7 Å². The Morgan fingerprint density at radius 2 is 2.16 bits per heavy atom. The molecule has 0 saturated carbocycles. The van der Waals surface area contributed by atoms with Crippen molar-refractivity contribution in [1.82, 2.24) is 9.97 Å². The molecule has 0 bridgehead atoms. The minimum atomic E-state index is -0.290. The van der Waals surface area contributed by atoms with Crippen molar-refractivity contribution in [3.63, 3.8) is 0 Å². The van der Waals surface area contributed by atoms with Crippen LogP contribution in [0.15, 0.2) is 18.2 Å². The Kier molecular flexibility index (Phi) is 3.12. The zero-order valence-corrected chi connectivity index (χ0v) is 11.2. The van der Waals surface area contributed by atoms with E-state index in [0.717, 1.165) is 28.3 Å². The second-order valence-electron chi connectivity index (χ2n) is 4.42. The summed E-state index contributed by atoms with van der Waals surface area (Å²) in [5.74, 6) is 8.08. The highest BCUT2D eigenvalue weighted by Crippen LogP contribution is 2.34. The van der Waals surface area contributed by atoms with Gasteiger partial charge in [0.15, 0.2) is 5.82 Å². The summed E-state index contributed by atoms with van der Waals surface area (Å²) in [5.41, 5.74) is 6.28. The number of benzene rings is 1. The maximum Gasteiger partial charge on any atom is 0.162 e. The number of fused-ring (bicyclic) bond motifs is 1. The second kappa shape index (κ2) is 4.79. The lowest BCUT2D eigenvalue weighted by Gasteiger charge is -2.10. The fourth-order valence-corrected chi connectivity index (χ4v) is 3.17. The Hall–Kier alpha value is -1.66. The molecule has 0 amide bonds. The van der Waals surface area contributed by atoms with Crippen LogP contribution >= 0.6 is 11.8 Å². The van der Waals surface area contributed by atoms with Crippen molar-refractivity contribution in [2.75, 3.05) is 5.43 Å². The molecule has 3 rings (SSSR count). The number of rotatable bonds is 2. The fraction of sp³-hybridized carbons (Fsp3) is 0.231. The highest BCUT2D eigenvalue weighted by Gasteiger charge is 2.20. The molecule has 6 heteroatoms. The van der Waals surface area contributed by atoms with Crippen molar-refractivity contribution in [1.29, 1.82) is 0 Å². The number of hydrogen-bond donors (Lipinski definition) is 2. The van der Waals surface area contributed by atoms with Crippen molar-refractivity contribution < 1.29 is 4.39 Å². The lowest BCUT2D eigenvalue weighted by atomic mass is 10.1.